The summed E-state index contributed by atoms with van der Waals surface area (Å²) in [7, 11) is -3.63. The zero-order valence-corrected chi connectivity index (χ0v) is 11.1. The number of carboxylic acid groups (broad SMARTS) is 1. The molecule has 0 aromatic carbocycles. The lowest BCUT2D eigenvalue weighted by Gasteiger charge is -2.28. The lowest BCUT2D eigenvalue weighted by Crippen LogP contribution is -2.39. The molecule has 2 rings (SSSR count). The average molecular weight is 291 g/mol. The summed E-state index contributed by atoms with van der Waals surface area (Å²) in [5.41, 5.74) is 0. The Hall–Kier alpha value is -0.960. The normalized spacial score (nSPS) is 18.9. The van der Waals surface area contributed by atoms with E-state index in [1.165, 1.54) is 15.8 Å². The van der Waals surface area contributed by atoms with Gasteiger partial charge in [0.05, 0.1) is 11.0 Å². The molecular weight excluding hydrogens is 278 g/mol. The van der Waals surface area contributed by atoms with Crippen molar-refractivity contribution in [2.24, 2.45) is 0 Å². The molecular formula is C10H13NO5S2. The Morgan fingerprint density at radius 3 is 2.50 bits per heavy atom. The fourth-order valence-corrected chi connectivity index (χ4v) is 4.37. The van der Waals surface area contributed by atoms with Crippen molar-refractivity contribution in [3.63, 3.8) is 0 Å². The van der Waals surface area contributed by atoms with Gasteiger partial charge in [-0.25, -0.2) is 13.2 Å². The second-order valence-electron chi connectivity index (χ2n) is 4.09. The highest BCUT2D eigenvalue weighted by Crippen LogP contribution is 2.25. The zero-order valence-electron chi connectivity index (χ0n) is 9.44. The van der Waals surface area contributed by atoms with E-state index < -0.39 is 22.1 Å². The van der Waals surface area contributed by atoms with Gasteiger partial charge in [-0.15, -0.1) is 11.3 Å². The van der Waals surface area contributed by atoms with Crippen LogP contribution in [-0.2, 0) is 10.0 Å². The Labute approximate surface area is 109 Å². The maximum absolute atomic E-state index is 12.2. The number of aromatic carboxylic acids is 1. The SMILES string of the molecule is O=C(O)c1cc(S(=O)(=O)N2CCC(O)CC2)cs1. The molecule has 2 N–H and O–H groups in total. The van der Waals surface area contributed by atoms with Gasteiger partial charge in [-0.05, 0) is 18.9 Å². The molecule has 0 aliphatic carbocycles. The number of hydrogen-bond donors (Lipinski definition) is 2. The van der Waals surface area contributed by atoms with Crippen molar-refractivity contribution in [3.05, 3.63) is 16.3 Å². The molecule has 0 saturated carbocycles. The lowest BCUT2D eigenvalue weighted by molar-refractivity contribution is 0.0702. The Bertz CT molecular complexity index is 542. The van der Waals surface area contributed by atoms with E-state index in [-0.39, 0.29) is 22.9 Å². The van der Waals surface area contributed by atoms with Crippen molar-refractivity contribution < 1.29 is 23.4 Å². The van der Waals surface area contributed by atoms with Crippen LogP contribution in [0, 0.1) is 0 Å². The molecule has 100 valence electrons. The number of carbonyl (C=O) groups is 1. The van der Waals surface area contributed by atoms with Crippen molar-refractivity contribution >= 4 is 27.3 Å². The van der Waals surface area contributed by atoms with Gasteiger partial charge in [-0.1, -0.05) is 0 Å². The first-order chi connectivity index (χ1) is 8.41. The molecule has 1 saturated heterocycles. The van der Waals surface area contributed by atoms with Crippen molar-refractivity contribution in [3.8, 4) is 0 Å². The Kier molecular flexibility index (Phi) is 3.71. The second-order valence-corrected chi connectivity index (χ2v) is 6.94. The number of carboxylic acids is 1. The van der Waals surface area contributed by atoms with E-state index in [2.05, 4.69) is 0 Å². The van der Waals surface area contributed by atoms with Crippen LogP contribution in [0.15, 0.2) is 16.3 Å². The third-order valence-electron chi connectivity index (χ3n) is 2.85. The summed E-state index contributed by atoms with van der Waals surface area (Å²) in [4.78, 5) is 10.7. The van der Waals surface area contributed by atoms with Crippen LogP contribution in [0.5, 0.6) is 0 Å². The maximum atomic E-state index is 12.2. The summed E-state index contributed by atoms with van der Waals surface area (Å²) in [6, 6.07) is 1.17. The van der Waals surface area contributed by atoms with Crippen LogP contribution < -0.4 is 0 Å². The fourth-order valence-electron chi connectivity index (χ4n) is 1.80. The van der Waals surface area contributed by atoms with Crippen molar-refractivity contribution in [1.82, 2.24) is 4.31 Å². The van der Waals surface area contributed by atoms with Crippen LogP contribution in [0.1, 0.15) is 22.5 Å². The first-order valence-corrected chi connectivity index (χ1v) is 7.73. The predicted molar refractivity (Wildman–Crippen MR) is 65.3 cm³/mol. The molecule has 2 heterocycles. The summed E-state index contributed by atoms with van der Waals surface area (Å²) in [6.07, 6.45) is 0.373. The highest BCUT2D eigenvalue weighted by Gasteiger charge is 2.29. The third-order valence-corrected chi connectivity index (χ3v) is 5.79. The topological polar surface area (TPSA) is 94.9 Å². The van der Waals surface area contributed by atoms with E-state index in [0.29, 0.717) is 12.8 Å². The molecule has 0 radical (unpaired) electrons. The molecule has 1 aromatic rings. The molecule has 1 fully saturated rings. The number of aliphatic hydroxyl groups is 1. The van der Waals surface area contributed by atoms with Gasteiger partial charge in [0, 0.05) is 18.5 Å². The highest BCUT2D eigenvalue weighted by atomic mass is 32.2. The van der Waals surface area contributed by atoms with Crippen LogP contribution in [0.4, 0.5) is 0 Å². The minimum Gasteiger partial charge on any atom is -0.477 e. The van der Waals surface area contributed by atoms with Crippen LogP contribution in [0.3, 0.4) is 0 Å². The first-order valence-electron chi connectivity index (χ1n) is 5.41. The number of hydrogen-bond acceptors (Lipinski definition) is 5. The smallest absolute Gasteiger partial charge is 0.345 e. The van der Waals surface area contributed by atoms with Crippen molar-refractivity contribution in [1.29, 1.82) is 0 Å². The molecule has 0 spiro atoms. The van der Waals surface area contributed by atoms with Crippen LogP contribution in [-0.4, -0.2) is 48.1 Å². The van der Waals surface area contributed by atoms with E-state index in [4.69, 9.17) is 5.11 Å². The van der Waals surface area contributed by atoms with Gasteiger partial charge in [-0.2, -0.15) is 4.31 Å². The van der Waals surface area contributed by atoms with Crippen LogP contribution >= 0.6 is 11.3 Å². The fraction of sp³-hybridized carbons (Fsp3) is 0.500. The van der Waals surface area contributed by atoms with E-state index in [1.54, 1.807) is 0 Å². The third kappa shape index (κ3) is 2.56. The molecule has 1 aromatic heterocycles. The largest absolute Gasteiger partial charge is 0.477 e. The predicted octanol–water partition coefficient (Wildman–Crippen LogP) is 0.592. The minimum atomic E-state index is -3.63. The van der Waals surface area contributed by atoms with Crippen LogP contribution in [0.25, 0.3) is 0 Å². The molecule has 8 heteroatoms. The molecule has 0 atom stereocenters. The van der Waals surface area contributed by atoms with E-state index >= 15 is 0 Å². The summed E-state index contributed by atoms with van der Waals surface area (Å²) >= 11 is 0.894. The second kappa shape index (κ2) is 4.96. The maximum Gasteiger partial charge on any atom is 0.345 e. The Morgan fingerprint density at radius 1 is 1.39 bits per heavy atom. The molecule has 0 bridgehead atoms. The average Bonchev–Trinajstić information content (AvgIpc) is 2.79. The van der Waals surface area contributed by atoms with Crippen molar-refractivity contribution in [2.45, 2.75) is 23.8 Å². The number of nitrogens with zero attached hydrogens (tertiary/aromatic N) is 1. The molecule has 18 heavy (non-hydrogen) atoms. The molecule has 1 aliphatic rings. The van der Waals surface area contributed by atoms with Gasteiger partial charge in [0.1, 0.15) is 4.88 Å². The van der Waals surface area contributed by atoms with E-state index in [1.807, 2.05) is 0 Å². The summed E-state index contributed by atoms with van der Waals surface area (Å²) in [5, 5.41) is 19.5. The van der Waals surface area contributed by atoms with Gasteiger partial charge < -0.3 is 10.2 Å². The number of rotatable bonds is 3. The van der Waals surface area contributed by atoms with Gasteiger partial charge >= 0.3 is 5.97 Å². The number of thiophene rings is 1. The van der Waals surface area contributed by atoms with Crippen molar-refractivity contribution in [2.75, 3.05) is 13.1 Å². The molecule has 0 amide bonds. The van der Waals surface area contributed by atoms with E-state index in [9.17, 15) is 18.3 Å². The summed E-state index contributed by atoms with van der Waals surface area (Å²) in [5.74, 6) is -1.13. The Balaban J connectivity index is 2.22. The minimum absolute atomic E-state index is 0.00520. The number of sulfonamides is 1. The standard InChI is InChI=1S/C10H13NO5S2/c12-7-1-3-11(4-2-7)18(15,16)8-5-9(10(13)14)17-6-8/h5-7,12H,1-4H2,(H,13,14). The summed E-state index contributed by atoms with van der Waals surface area (Å²) < 4.78 is 25.7. The molecule has 6 nitrogen and oxygen atoms in total. The van der Waals surface area contributed by atoms with Gasteiger partial charge in [0.15, 0.2) is 0 Å². The monoisotopic (exact) mass is 291 g/mol. The van der Waals surface area contributed by atoms with Crippen LogP contribution in [0.2, 0.25) is 0 Å². The highest BCUT2D eigenvalue weighted by molar-refractivity contribution is 7.89. The summed E-state index contributed by atoms with van der Waals surface area (Å²) in [6.45, 7) is 0.531. The Morgan fingerprint density at radius 2 is 2.00 bits per heavy atom. The van der Waals surface area contributed by atoms with Gasteiger partial charge in [0.2, 0.25) is 10.0 Å². The number of piperidine rings is 1. The molecule has 0 unspecified atom stereocenters. The zero-order chi connectivity index (χ0) is 13.3. The molecule has 1 aliphatic heterocycles. The van der Waals surface area contributed by atoms with E-state index in [0.717, 1.165) is 11.3 Å². The van der Waals surface area contributed by atoms with Gasteiger partial charge in [0.25, 0.3) is 0 Å². The lowest BCUT2D eigenvalue weighted by atomic mass is 10.1. The number of aliphatic hydroxyl groups excluding tert-OH is 1. The quantitative estimate of drug-likeness (QED) is 0.850. The van der Waals surface area contributed by atoms with Gasteiger partial charge in [-0.3, -0.25) is 0 Å². The first kappa shape index (κ1) is 13.5.